The second kappa shape index (κ2) is 22.8. The minimum absolute atomic E-state index is 0.0331. The van der Waals surface area contributed by atoms with Gasteiger partial charge in [0.25, 0.3) is 0 Å². The molecule has 0 fully saturated rings. The number of carbonyl (C=O) groups excluding carboxylic acids is 3. The third kappa shape index (κ3) is 20.2. The van der Waals surface area contributed by atoms with Crippen LogP contribution in [0.5, 0.6) is 0 Å². The molecule has 0 aromatic carbocycles. The molecule has 3 atom stereocenters. The summed E-state index contributed by atoms with van der Waals surface area (Å²) in [4.78, 5) is 35.5. The lowest BCUT2D eigenvalue weighted by molar-refractivity contribution is -0.148. The maximum absolute atomic E-state index is 12.4. The van der Waals surface area contributed by atoms with Crippen molar-refractivity contribution in [3.63, 3.8) is 0 Å². The van der Waals surface area contributed by atoms with E-state index in [2.05, 4.69) is 12.2 Å². The molecule has 0 aliphatic heterocycles. The van der Waals surface area contributed by atoms with Gasteiger partial charge in [-0.25, -0.2) is 4.79 Å². The highest BCUT2D eigenvalue weighted by molar-refractivity contribution is 5.88. The molecule has 0 radical (unpaired) electrons. The summed E-state index contributed by atoms with van der Waals surface area (Å²) >= 11 is 0. The molecule has 8 nitrogen and oxygen atoms in total. The molecular weight excluding hydrogens is 446 g/mol. The number of nitrogens with two attached hydrogens (primary N) is 2. The average molecular weight is 500 g/mol. The maximum atomic E-state index is 12.4. The van der Waals surface area contributed by atoms with Crippen molar-refractivity contribution in [3.8, 4) is 0 Å². The van der Waals surface area contributed by atoms with Crippen LogP contribution in [-0.2, 0) is 19.1 Å². The van der Waals surface area contributed by atoms with Gasteiger partial charge in [-0.15, -0.1) is 0 Å². The van der Waals surface area contributed by atoms with Crippen LogP contribution in [-0.4, -0.2) is 47.7 Å². The third-order valence-electron chi connectivity index (χ3n) is 6.35. The molecule has 6 N–H and O–H groups in total. The molecule has 0 unspecified atom stereocenters. The second-order valence-electron chi connectivity index (χ2n) is 9.80. The smallest absolute Gasteiger partial charge is 0.328 e. The van der Waals surface area contributed by atoms with E-state index in [9.17, 15) is 19.5 Å². The molecule has 0 aliphatic rings. The maximum Gasteiger partial charge on any atom is 0.328 e. The van der Waals surface area contributed by atoms with E-state index in [1.807, 2.05) is 0 Å². The predicted octanol–water partition coefficient (Wildman–Crippen LogP) is 4.25. The van der Waals surface area contributed by atoms with Crippen molar-refractivity contribution < 1.29 is 24.2 Å². The Morgan fingerprint density at radius 1 is 0.800 bits per heavy atom. The Kier molecular flexibility index (Phi) is 21.7. The number of ether oxygens (including phenoxy) is 1. The van der Waals surface area contributed by atoms with Gasteiger partial charge in [-0.3, -0.25) is 9.59 Å². The zero-order chi connectivity index (χ0) is 26.3. The number of aliphatic hydroxyl groups excluding tert-OH is 1. The molecule has 0 aliphatic carbocycles. The molecule has 0 rings (SSSR count). The normalized spacial score (nSPS) is 13.7. The van der Waals surface area contributed by atoms with E-state index in [0.29, 0.717) is 0 Å². The second-order valence-corrected chi connectivity index (χ2v) is 9.80. The monoisotopic (exact) mass is 499 g/mol. The lowest BCUT2D eigenvalue weighted by atomic mass is 10.0. The average Bonchev–Trinajstić information content (AvgIpc) is 2.82. The van der Waals surface area contributed by atoms with Crippen LogP contribution in [0.3, 0.4) is 0 Å². The molecule has 206 valence electrons. The first kappa shape index (κ1) is 33.3. The Labute approximate surface area is 213 Å². The predicted molar refractivity (Wildman–Crippen MR) is 141 cm³/mol. The molecule has 0 bridgehead atoms. The van der Waals surface area contributed by atoms with Crippen molar-refractivity contribution in [2.45, 2.75) is 148 Å². The first-order chi connectivity index (χ1) is 16.8. The number of rotatable bonds is 24. The molecule has 35 heavy (non-hydrogen) atoms. The Morgan fingerprint density at radius 3 is 1.63 bits per heavy atom. The number of hydrogen-bond acceptors (Lipinski definition) is 6. The van der Waals surface area contributed by atoms with Gasteiger partial charge in [0.15, 0.2) is 0 Å². The molecule has 0 aromatic heterocycles. The lowest BCUT2D eigenvalue weighted by Crippen LogP contribution is -2.52. The van der Waals surface area contributed by atoms with E-state index in [1.54, 1.807) is 0 Å². The molecule has 0 saturated carbocycles. The highest BCUT2D eigenvalue weighted by Crippen LogP contribution is 2.14. The van der Waals surface area contributed by atoms with E-state index < -0.39 is 36.0 Å². The molecule has 0 aromatic rings. The third-order valence-corrected chi connectivity index (χ3v) is 6.35. The summed E-state index contributed by atoms with van der Waals surface area (Å²) in [7, 11) is 0. The van der Waals surface area contributed by atoms with Gasteiger partial charge in [-0.05, 0) is 19.8 Å². The van der Waals surface area contributed by atoms with Gasteiger partial charge in [0.05, 0.1) is 12.7 Å². The summed E-state index contributed by atoms with van der Waals surface area (Å²) in [5.74, 6) is -1.86. The van der Waals surface area contributed by atoms with Crippen LogP contribution in [0.1, 0.15) is 129 Å². The van der Waals surface area contributed by atoms with E-state index >= 15 is 0 Å². The van der Waals surface area contributed by atoms with Crippen LogP contribution in [0.2, 0.25) is 0 Å². The summed E-state index contributed by atoms with van der Waals surface area (Å²) in [5.41, 5.74) is 10.8. The first-order valence-corrected chi connectivity index (χ1v) is 14.0. The Hall–Kier alpha value is -1.67. The molecular formula is C27H53N3O5. The van der Waals surface area contributed by atoms with E-state index in [-0.39, 0.29) is 19.4 Å². The summed E-state index contributed by atoms with van der Waals surface area (Å²) < 4.78 is 5.29. The first-order valence-electron chi connectivity index (χ1n) is 14.0. The van der Waals surface area contributed by atoms with Gasteiger partial charge >= 0.3 is 5.97 Å². The number of nitrogens with one attached hydrogen (secondary N) is 1. The fourth-order valence-electron chi connectivity index (χ4n) is 3.95. The van der Waals surface area contributed by atoms with Crippen molar-refractivity contribution >= 4 is 17.8 Å². The zero-order valence-corrected chi connectivity index (χ0v) is 22.4. The van der Waals surface area contributed by atoms with E-state index in [0.717, 1.165) is 19.3 Å². The summed E-state index contributed by atoms with van der Waals surface area (Å²) in [5, 5.41) is 11.9. The van der Waals surface area contributed by atoms with Gasteiger partial charge in [-0.2, -0.15) is 0 Å². The number of carbonyl (C=O) groups is 3. The van der Waals surface area contributed by atoms with Crippen molar-refractivity contribution in [1.29, 1.82) is 0 Å². The molecule has 0 heterocycles. The van der Waals surface area contributed by atoms with Gasteiger partial charge in [0.2, 0.25) is 11.8 Å². The Balaban J connectivity index is 3.79. The van der Waals surface area contributed by atoms with Crippen molar-refractivity contribution in [3.05, 3.63) is 0 Å². The molecule has 2 amide bonds. The fourth-order valence-corrected chi connectivity index (χ4v) is 3.95. The minimum atomic E-state index is -1.17. The van der Waals surface area contributed by atoms with E-state index in [4.69, 9.17) is 16.2 Å². The highest BCUT2D eigenvalue weighted by atomic mass is 16.5. The van der Waals surface area contributed by atoms with Gasteiger partial charge in [-0.1, -0.05) is 103 Å². The van der Waals surface area contributed by atoms with Gasteiger partial charge in [0, 0.05) is 6.42 Å². The van der Waals surface area contributed by atoms with Crippen molar-refractivity contribution in [2.75, 3.05) is 6.61 Å². The summed E-state index contributed by atoms with van der Waals surface area (Å²) in [6.07, 6.45) is 19.2. The summed E-state index contributed by atoms with van der Waals surface area (Å²) in [6.45, 7) is 3.91. The van der Waals surface area contributed by atoms with E-state index in [1.165, 1.54) is 90.4 Å². The lowest BCUT2D eigenvalue weighted by Gasteiger charge is -2.20. The number of primary amides is 1. The molecule has 8 heteroatoms. The van der Waals surface area contributed by atoms with Crippen LogP contribution in [0.4, 0.5) is 0 Å². The Bertz CT molecular complexity index is 557. The fraction of sp³-hybridized carbons (Fsp3) is 0.889. The summed E-state index contributed by atoms with van der Waals surface area (Å²) in [6, 6.07) is -2.18. The number of hydrogen-bond donors (Lipinski definition) is 4. The Morgan fingerprint density at radius 2 is 1.23 bits per heavy atom. The van der Waals surface area contributed by atoms with Crippen LogP contribution < -0.4 is 16.8 Å². The molecule has 0 spiro atoms. The highest BCUT2D eigenvalue weighted by Gasteiger charge is 2.27. The SMILES string of the molecule is CCCCCCCCCCCCCCCCCCOC(=O)[C@@H](CCC(N)=O)NC(=O)[C@@H](N)[C@@H](C)O. The zero-order valence-electron chi connectivity index (χ0n) is 22.4. The van der Waals surface area contributed by atoms with Gasteiger partial charge in [0.1, 0.15) is 12.1 Å². The number of amides is 2. The topological polar surface area (TPSA) is 145 Å². The standard InChI is InChI=1S/C27H53N3O5/c1-3-4-5-6-7-8-9-10-11-12-13-14-15-16-17-18-21-35-27(34)23(19-20-24(28)32)30-26(33)25(29)22(2)31/h22-23,25,31H,3-21,29H2,1-2H3,(H2,28,32)(H,30,33)/t22-,23-,25+/m1/s1. The number of unbranched alkanes of at least 4 members (excludes halogenated alkanes) is 15. The molecule has 0 saturated heterocycles. The van der Waals surface area contributed by atoms with Crippen molar-refractivity contribution in [1.82, 2.24) is 5.32 Å². The largest absolute Gasteiger partial charge is 0.464 e. The van der Waals surface area contributed by atoms with Crippen LogP contribution in [0.25, 0.3) is 0 Å². The minimum Gasteiger partial charge on any atom is -0.464 e. The van der Waals surface area contributed by atoms with Crippen LogP contribution in [0.15, 0.2) is 0 Å². The van der Waals surface area contributed by atoms with Gasteiger partial charge < -0.3 is 26.6 Å². The van der Waals surface area contributed by atoms with Crippen molar-refractivity contribution in [2.24, 2.45) is 11.5 Å². The van der Waals surface area contributed by atoms with Crippen LogP contribution >= 0.6 is 0 Å². The number of esters is 1. The quantitative estimate of drug-likeness (QED) is 0.115. The number of aliphatic hydroxyl groups is 1. The van der Waals surface area contributed by atoms with Crippen LogP contribution in [0, 0.1) is 0 Å².